The number of hydrogen-bond donors (Lipinski definition) is 2. The third kappa shape index (κ3) is 5.21. The van der Waals surface area contributed by atoms with Gasteiger partial charge in [0.05, 0.1) is 18.8 Å². The van der Waals surface area contributed by atoms with Crippen molar-refractivity contribution in [1.82, 2.24) is 4.90 Å². The zero-order valence-corrected chi connectivity index (χ0v) is 10.1. The van der Waals surface area contributed by atoms with Crippen molar-refractivity contribution in [3.05, 3.63) is 24.3 Å². The number of primary amides is 1. The third-order valence-corrected chi connectivity index (χ3v) is 2.29. The normalized spacial score (nSPS) is 10.5. The number of likely N-dealkylation sites (N-methyl/N-ethyl adjacent to an activating group) is 1. The van der Waals surface area contributed by atoms with E-state index in [0.717, 1.165) is 13.0 Å². The molecule has 0 aromatic heterocycles. The number of amides is 1. The van der Waals surface area contributed by atoms with Gasteiger partial charge in [0.25, 0.3) is 0 Å². The summed E-state index contributed by atoms with van der Waals surface area (Å²) in [6.07, 6.45) is 0.818. The first-order chi connectivity index (χ1) is 8.09. The minimum absolute atomic E-state index is 0.271. The molecule has 1 aromatic rings. The number of carbonyl (C=O) groups excluding carboxylic acids is 1. The first-order valence-corrected chi connectivity index (χ1v) is 5.53. The topological polar surface area (TPSA) is 81.6 Å². The van der Waals surface area contributed by atoms with Crippen molar-refractivity contribution >= 4 is 11.6 Å². The molecule has 1 amide bonds. The molecule has 0 bridgehead atoms. The molecule has 0 saturated carbocycles. The molecule has 5 heteroatoms. The molecule has 0 spiro atoms. The fourth-order valence-corrected chi connectivity index (χ4v) is 1.47. The molecule has 1 aromatic carbocycles. The Hall–Kier alpha value is -1.75. The number of nitrogens with two attached hydrogens (primary N) is 2. The Morgan fingerprint density at radius 2 is 2.12 bits per heavy atom. The van der Waals surface area contributed by atoms with Gasteiger partial charge >= 0.3 is 0 Å². The number of nitrogens with zero attached hydrogens (tertiary/aromatic N) is 1. The number of para-hydroxylation sites is 2. The Morgan fingerprint density at radius 3 is 2.76 bits per heavy atom. The van der Waals surface area contributed by atoms with Crippen LogP contribution in [-0.4, -0.2) is 37.6 Å². The predicted molar refractivity (Wildman–Crippen MR) is 67.7 cm³/mol. The van der Waals surface area contributed by atoms with Gasteiger partial charge in [-0.3, -0.25) is 9.69 Å². The number of ether oxygens (including phenoxy) is 1. The summed E-state index contributed by atoms with van der Waals surface area (Å²) in [5.74, 6) is 0.380. The van der Waals surface area contributed by atoms with Crippen molar-refractivity contribution in [3.63, 3.8) is 0 Å². The number of hydrogen-bond acceptors (Lipinski definition) is 4. The molecular weight excluding hydrogens is 218 g/mol. The molecule has 0 heterocycles. The molecule has 0 radical (unpaired) electrons. The van der Waals surface area contributed by atoms with Gasteiger partial charge in [0.15, 0.2) is 0 Å². The molecule has 0 saturated heterocycles. The lowest BCUT2D eigenvalue weighted by Crippen LogP contribution is -2.31. The Labute approximate surface area is 101 Å². The molecule has 17 heavy (non-hydrogen) atoms. The van der Waals surface area contributed by atoms with Gasteiger partial charge in [-0.25, -0.2) is 0 Å². The lowest BCUT2D eigenvalue weighted by Gasteiger charge is -2.14. The van der Waals surface area contributed by atoms with Gasteiger partial charge in [0, 0.05) is 6.54 Å². The first kappa shape index (κ1) is 13.3. The number of benzene rings is 1. The van der Waals surface area contributed by atoms with E-state index in [9.17, 15) is 4.79 Å². The second-order valence-corrected chi connectivity index (χ2v) is 3.94. The molecule has 5 nitrogen and oxygen atoms in total. The fraction of sp³-hybridized carbons (Fsp3) is 0.417. The maximum absolute atomic E-state index is 10.6. The maximum Gasteiger partial charge on any atom is 0.231 e. The van der Waals surface area contributed by atoms with E-state index in [1.165, 1.54) is 0 Å². The minimum atomic E-state index is -0.319. The van der Waals surface area contributed by atoms with Crippen molar-refractivity contribution in [2.75, 3.05) is 32.5 Å². The molecule has 0 unspecified atom stereocenters. The van der Waals surface area contributed by atoms with E-state index >= 15 is 0 Å². The summed E-state index contributed by atoms with van der Waals surface area (Å²) in [7, 11) is 1.85. The Balaban J connectivity index is 2.20. The van der Waals surface area contributed by atoms with E-state index in [0.29, 0.717) is 18.0 Å². The summed E-state index contributed by atoms with van der Waals surface area (Å²) in [5.41, 5.74) is 11.4. The highest BCUT2D eigenvalue weighted by Crippen LogP contribution is 2.19. The van der Waals surface area contributed by atoms with Crippen LogP contribution in [0, 0.1) is 0 Å². The lowest BCUT2D eigenvalue weighted by atomic mass is 10.3. The van der Waals surface area contributed by atoms with E-state index < -0.39 is 0 Å². The maximum atomic E-state index is 10.6. The van der Waals surface area contributed by atoms with Crippen molar-refractivity contribution < 1.29 is 9.53 Å². The second kappa shape index (κ2) is 6.75. The van der Waals surface area contributed by atoms with E-state index in [4.69, 9.17) is 16.2 Å². The summed E-state index contributed by atoms with van der Waals surface area (Å²) in [5, 5.41) is 0. The van der Waals surface area contributed by atoms with Crippen molar-refractivity contribution in [2.45, 2.75) is 6.42 Å². The van der Waals surface area contributed by atoms with Crippen LogP contribution in [0.4, 0.5) is 5.69 Å². The molecule has 94 valence electrons. The molecular formula is C12H19N3O2. The van der Waals surface area contributed by atoms with Gasteiger partial charge in [-0.2, -0.15) is 0 Å². The average molecular weight is 237 g/mol. The van der Waals surface area contributed by atoms with Crippen LogP contribution in [0.25, 0.3) is 0 Å². The second-order valence-electron chi connectivity index (χ2n) is 3.94. The monoisotopic (exact) mass is 237 g/mol. The molecule has 4 N–H and O–H groups in total. The number of rotatable bonds is 7. The Bertz CT molecular complexity index is 369. The molecule has 0 aliphatic carbocycles. The van der Waals surface area contributed by atoms with E-state index in [-0.39, 0.29) is 12.5 Å². The fourth-order valence-electron chi connectivity index (χ4n) is 1.47. The lowest BCUT2D eigenvalue weighted by molar-refractivity contribution is -0.118. The van der Waals surface area contributed by atoms with Gasteiger partial charge < -0.3 is 16.2 Å². The highest BCUT2D eigenvalue weighted by molar-refractivity contribution is 5.75. The number of anilines is 1. The van der Waals surface area contributed by atoms with Crippen LogP contribution in [0.3, 0.4) is 0 Å². The molecule has 0 aliphatic heterocycles. The Kier molecular flexibility index (Phi) is 5.29. The molecule has 0 fully saturated rings. The van der Waals surface area contributed by atoms with Crippen LogP contribution < -0.4 is 16.2 Å². The van der Waals surface area contributed by atoms with E-state index in [1.54, 1.807) is 6.07 Å². The highest BCUT2D eigenvalue weighted by Gasteiger charge is 2.02. The summed E-state index contributed by atoms with van der Waals surface area (Å²) in [6, 6.07) is 7.38. The standard InChI is InChI=1S/C12H19N3O2/c1-15(9-12(14)16)7-4-8-17-11-6-3-2-5-10(11)13/h2-3,5-6H,4,7-9,13H2,1H3,(H2,14,16). The van der Waals surface area contributed by atoms with Crippen molar-refractivity contribution in [1.29, 1.82) is 0 Å². The minimum Gasteiger partial charge on any atom is -0.491 e. The summed E-state index contributed by atoms with van der Waals surface area (Å²) in [4.78, 5) is 12.5. The molecule has 1 rings (SSSR count). The SMILES string of the molecule is CN(CCCOc1ccccc1N)CC(N)=O. The molecule has 0 atom stereocenters. The quantitative estimate of drug-likeness (QED) is 0.533. The Morgan fingerprint density at radius 1 is 1.41 bits per heavy atom. The zero-order chi connectivity index (χ0) is 12.7. The van der Waals surface area contributed by atoms with Crippen LogP contribution >= 0.6 is 0 Å². The number of carbonyl (C=O) groups is 1. The predicted octanol–water partition coefficient (Wildman–Crippen LogP) is 0.455. The van der Waals surface area contributed by atoms with Crippen LogP contribution in [-0.2, 0) is 4.79 Å². The largest absolute Gasteiger partial charge is 0.491 e. The van der Waals surface area contributed by atoms with Gasteiger partial charge in [-0.05, 0) is 25.6 Å². The summed E-state index contributed by atoms with van der Waals surface area (Å²) >= 11 is 0. The summed E-state index contributed by atoms with van der Waals surface area (Å²) in [6.45, 7) is 1.60. The number of nitrogen functional groups attached to an aromatic ring is 1. The van der Waals surface area contributed by atoms with E-state index in [2.05, 4.69) is 0 Å². The van der Waals surface area contributed by atoms with Crippen molar-refractivity contribution in [2.24, 2.45) is 5.73 Å². The van der Waals surface area contributed by atoms with Crippen LogP contribution in [0.1, 0.15) is 6.42 Å². The van der Waals surface area contributed by atoms with Crippen LogP contribution in [0.2, 0.25) is 0 Å². The van der Waals surface area contributed by atoms with Crippen LogP contribution in [0.15, 0.2) is 24.3 Å². The smallest absolute Gasteiger partial charge is 0.231 e. The van der Waals surface area contributed by atoms with Gasteiger partial charge in [-0.1, -0.05) is 12.1 Å². The van der Waals surface area contributed by atoms with Crippen LogP contribution in [0.5, 0.6) is 5.75 Å². The average Bonchev–Trinajstić information content (AvgIpc) is 2.25. The first-order valence-electron chi connectivity index (χ1n) is 5.53. The molecule has 0 aliphatic rings. The highest BCUT2D eigenvalue weighted by atomic mass is 16.5. The van der Waals surface area contributed by atoms with Gasteiger partial charge in [-0.15, -0.1) is 0 Å². The van der Waals surface area contributed by atoms with Crippen molar-refractivity contribution in [3.8, 4) is 5.75 Å². The van der Waals surface area contributed by atoms with Gasteiger partial charge in [0.1, 0.15) is 5.75 Å². The third-order valence-electron chi connectivity index (χ3n) is 2.29. The van der Waals surface area contributed by atoms with Gasteiger partial charge in [0.2, 0.25) is 5.91 Å². The van der Waals surface area contributed by atoms with E-state index in [1.807, 2.05) is 30.1 Å². The summed E-state index contributed by atoms with van der Waals surface area (Å²) < 4.78 is 5.52. The zero-order valence-electron chi connectivity index (χ0n) is 10.1.